The Morgan fingerprint density at radius 3 is 2.71 bits per heavy atom. The highest BCUT2D eigenvalue weighted by molar-refractivity contribution is 5.80. The number of carbonyl (C=O) groups excluding carboxylic acids is 1. The molecule has 31 heavy (non-hydrogen) atoms. The van der Waals surface area contributed by atoms with Gasteiger partial charge in [0.1, 0.15) is 11.4 Å². The molecule has 1 amide bonds. The number of aromatic nitrogens is 1. The quantitative estimate of drug-likeness (QED) is 0.560. The maximum atomic E-state index is 14.4. The minimum Gasteiger partial charge on any atom is -0.453 e. The van der Waals surface area contributed by atoms with Crippen LogP contribution in [0, 0.1) is 5.82 Å². The van der Waals surface area contributed by atoms with Crippen LogP contribution >= 0.6 is 0 Å². The largest absolute Gasteiger partial charge is 0.453 e. The third-order valence-corrected chi connectivity index (χ3v) is 4.42. The van der Waals surface area contributed by atoms with E-state index in [1.54, 1.807) is 42.4 Å². The molecular formula is C22H28FN5O3. The van der Waals surface area contributed by atoms with E-state index < -0.39 is 11.4 Å². The highest BCUT2D eigenvalue weighted by Gasteiger charge is 2.34. The van der Waals surface area contributed by atoms with Crippen LogP contribution in [0.1, 0.15) is 26.3 Å². The zero-order valence-corrected chi connectivity index (χ0v) is 18.2. The molecule has 8 nitrogen and oxygen atoms in total. The summed E-state index contributed by atoms with van der Waals surface area (Å²) in [4.78, 5) is 21.8. The van der Waals surface area contributed by atoms with Crippen molar-refractivity contribution >= 4 is 12.1 Å². The SMILES string of the molecule is CN=C(NCc1ccc(Oc2cccnc2)c(F)c1)NC1CN(C(=O)OC(C)(C)C)C1. The number of pyridine rings is 1. The number of rotatable bonds is 5. The van der Waals surface area contributed by atoms with Crippen LogP contribution in [0.2, 0.25) is 0 Å². The summed E-state index contributed by atoms with van der Waals surface area (Å²) in [6, 6.07) is 8.29. The van der Waals surface area contributed by atoms with E-state index in [2.05, 4.69) is 20.6 Å². The van der Waals surface area contributed by atoms with E-state index >= 15 is 0 Å². The molecule has 0 unspecified atom stereocenters. The number of nitrogens with zero attached hydrogens (tertiary/aromatic N) is 3. The van der Waals surface area contributed by atoms with Gasteiger partial charge in [-0.3, -0.25) is 9.98 Å². The molecule has 166 valence electrons. The van der Waals surface area contributed by atoms with Crippen LogP contribution < -0.4 is 15.4 Å². The fourth-order valence-electron chi connectivity index (χ4n) is 2.89. The summed E-state index contributed by atoms with van der Waals surface area (Å²) >= 11 is 0. The average molecular weight is 429 g/mol. The molecular weight excluding hydrogens is 401 g/mol. The number of nitrogens with one attached hydrogen (secondary N) is 2. The third kappa shape index (κ3) is 6.56. The van der Waals surface area contributed by atoms with Crippen LogP contribution in [0.25, 0.3) is 0 Å². The first-order chi connectivity index (χ1) is 14.7. The Bertz CT molecular complexity index is 924. The van der Waals surface area contributed by atoms with E-state index in [1.165, 1.54) is 12.3 Å². The van der Waals surface area contributed by atoms with Crippen molar-refractivity contribution in [2.24, 2.45) is 4.99 Å². The molecule has 0 radical (unpaired) electrons. The van der Waals surface area contributed by atoms with E-state index in [4.69, 9.17) is 9.47 Å². The van der Waals surface area contributed by atoms with Gasteiger partial charge in [-0.25, -0.2) is 9.18 Å². The van der Waals surface area contributed by atoms with E-state index in [0.29, 0.717) is 31.3 Å². The van der Waals surface area contributed by atoms with Gasteiger partial charge in [-0.1, -0.05) is 6.07 Å². The predicted molar refractivity (Wildman–Crippen MR) is 116 cm³/mol. The van der Waals surface area contributed by atoms with Crippen LogP contribution in [0.5, 0.6) is 11.5 Å². The molecule has 2 N–H and O–H groups in total. The molecule has 1 aromatic carbocycles. The normalized spacial score (nSPS) is 14.6. The van der Waals surface area contributed by atoms with Crippen molar-refractivity contribution in [3.63, 3.8) is 0 Å². The van der Waals surface area contributed by atoms with Crippen molar-refractivity contribution in [3.8, 4) is 11.5 Å². The van der Waals surface area contributed by atoms with Gasteiger partial charge in [0, 0.05) is 32.9 Å². The molecule has 2 heterocycles. The predicted octanol–water partition coefficient (Wildman–Crippen LogP) is 3.30. The van der Waals surface area contributed by atoms with E-state index in [-0.39, 0.29) is 17.9 Å². The Kier molecular flexibility index (Phi) is 6.94. The van der Waals surface area contributed by atoms with Crippen molar-refractivity contribution in [1.29, 1.82) is 0 Å². The summed E-state index contributed by atoms with van der Waals surface area (Å²) in [7, 11) is 1.66. The number of benzene rings is 1. The fraction of sp³-hybridized carbons (Fsp3) is 0.409. The van der Waals surface area contributed by atoms with Crippen LogP contribution in [-0.2, 0) is 11.3 Å². The second kappa shape index (κ2) is 9.63. The lowest BCUT2D eigenvalue weighted by molar-refractivity contribution is 0.00701. The number of halogens is 1. The van der Waals surface area contributed by atoms with Gasteiger partial charge >= 0.3 is 6.09 Å². The molecule has 1 saturated heterocycles. The van der Waals surface area contributed by atoms with Gasteiger partial charge in [-0.15, -0.1) is 0 Å². The first-order valence-electron chi connectivity index (χ1n) is 10.0. The topological polar surface area (TPSA) is 88.1 Å². The van der Waals surface area contributed by atoms with Crippen molar-refractivity contribution in [1.82, 2.24) is 20.5 Å². The summed E-state index contributed by atoms with van der Waals surface area (Å²) in [5.74, 6) is 0.719. The number of guanidine groups is 1. The molecule has 0 spiro atoms. The fourth-order valence-corrected chi connectivity index (χ4v) is 2.89. The Hall–Kier alpha value is -3.36. The zero-order valence-electron chi connectivity index (χ0n) is 18.2. The zero-order chi connectivity index (χ0) is 22.4. The minimum absolute atomic E-state index is 0.0747. The number of hydrogen-bond donors (Lipinski definition) is 2. The average Bonchev–Trinajstić information content (AvgIpc) is 2.68. The number of carbonyl (C=O) groups is 1. The maximum Gasteiger partial charge on any atom is 0.410 e. The molecule has 0 saturated carbocycles. The van der Waals surface area contributed by atoms with Crippen LogP contribution in [0.4, 0.5) is 9.18 Å². The van der Waals surface area contributed by atoms with Gasteiger partial charge < -0.3 is 25.0 Å². The molecule has 1 aliphatic heterocycles. The first-order valence-corrected chi connectivity index (χ1v) is 10.0. The monoisotopic (exact) mass is 429 g/mol. The lowest BCUT2D eigenvalue weighted by Crippen LogP contribution is -2.63. The van der Waals surface area contributed by atoms with Crippen LogP contribution in [0.15, 0.2) is 47.7 Å². The van der Waals surface area contributed by atoms with Gasteiger partial charge in [0.25, 0.3) is 0 Å². The number of likely N-dealkylation sites (tertiary alicyclic amines) is 1. The first kappa shape index (κ1) is 22.3. The summed E-state index contributed by atoms with van der Waals surface area (Å²) < 4.78 is 25.2. The standard InChI is InChI=1S/C22H28FN5O3/c1-22(2,3)31-21(29)28-13-16(14-28)27-20(24-4)26-11-15-7-8-19(18(23)10-15)30-17-6-5-9-25-12-17/h5-10,12,16H,11,13-14H2,1-4H3,(H2,24,26,27). The lowest BCUT2D eigenvalue weighted by Gasteiger charge is -2.40. The second-order valence-corrected chi connectivity index (χ2v) is 8.21. The molecule has 0 atom stereocenters. The van der Waals surface area contributed by atoms with Crippen molar-refractivity contribution < 1.29 is 18.7 Å². The van der Waals surface area contributed by atoms with Gasteiger partial charge in [0.2, 0.25) is 0 Å². The summed E-state index contributed by atoms with van der Waals surface area (Å²) in [5, 5.41) is 6.39. The van der Waals surface area contributed by atoms with E-state index in [0.717, 1.165) is 5.56 Å². The van der Waals surface area contributed by atoms with Gasteiger partial charge in [-0.2, -0.15) is 0 Å². The lowest BCUT2D eigenvalue weighted by atomic mass is 10.1. The van der Waals surface area contributed by atoms with Crippen LogP contribution in [0.3, 0.4) is 0 Å². The van der Waals surface area contributed by atoms with Crippen molar-refractivity contribution in [2.75, 3.05) is 20.1 Å². The minimum atomic E-state index is -0.513. The molecule has 0 aliphatic carbocycles. The molecule has 3 rings (SSSR count). The Labute approximate surface area is 181 Å². The van der Waals surface area contributed by atoms with E-state index in [1.807, 2.05) is 20.8 Å². The number of aliphatic imine (C=N–C) groups is 1. The van der Waals surface area contributed by atoms with Gasteiger partial charge in [0.15, 0.2) is 17.5 Å². The molecule has 9 heteroatoms. The smallest absolute Gasteiger partial charge is 0.410 e. The van der Waals surface area contributed by atoms with Gasteiger partial charge in [0.05, 0.1) is 12.2 Å². The highest BCUT2D eigenvalue weighted by Crippen LogP contribution is 2.24. The number of hydrogen-bond acceptors (Lipinski definition) is 5. The second-order valence-electron chi connectivity index (χ2n) is 8.21. The summed E-state index contributed by atoms with van der Waals surface area (Å²) in [6.45, 7) is 6.97. The highest BCUT2D eigenvalue weighted by atomic mass is 19.1. The number of amides is 1. The summed E-state index contributed by atoms with van der Waals surface area (Å²) in [5.41, 5.74) is 0.226. The molecule has 0 bridgehead atoms. The van der Waals surface area contributed by atoms with Gasteiger partial charge in [-0.05, 0) is 50.6 Å². The Morgan fingerprint density at radius 1 is 1.32 bits per heavy atom. The molecule has 1 aliphatic rings. The maximum absolute atomic E-state index is 14.4. The summed E-state index contributed by atoms with van der Waals surface area (Å²) in [6.07, 6.45) is 2.82. The van der Waals surface area contributed by atoms with E-state index in [9.17, 15) is 9.18 Å². The molecule has 2 aromatic rings. The molecule has 1 fully saturated rings. The Morgan fingerprint density at radius 2 is 2.10 bits per heavy atom. The Balaban J connectivity index is 1.46. The van der Waals surface area contributed by atoms with Crippen molar-refractivity contribution in [3.05, 3.63) is 54.1 Å². The third-order valence-electron chi connectivity index (χ3n) is 4.42. The number of ether oxygens (including phenoxy) is 2. The molecule has 1 aromatic heterocycles. The van der Waals surface area contributed by atoms with Crippen molar-refractivity contribution in [2.45, 2.75) is 39.0 Å². The van der Waals surface area contributed by atoms with Crippen LogP contribution in [-0.4, -0.2) is 53.7 Å².